The molecular formula is C34H69N3O4. The van der Waals surface area contributed by atoms with Gasteiger partial charge >= 0.3 is 5.97 Å². The van der Waals surface area contributed by atoms with Crippen molar-refractivity contribution in [1.29, 1.82) is 0 Å². The van der Waals surface area contributed by atoms with Crippen molar-refractivity contribution in [3.63, 3.8) is 0 Å². The van der Waals surface area contributed by atoms with Gasteiger partial charge in [-0.3, -0.25) is 14.5 Å². The van der Waals surface area contributed by atoms with E-state index < -0.39 is 12.0 Å². The monoisotopic (exact) mass is 584 g/mol. The van der Waals surface area contributed by atoms with Gasteiger partial charge in [0.25, 0.3) is 0 Å². The average molecular weight is 584 g/mol. The lowest BCUT2D eigenvalue weighted by atomic mass is 10.0. The highest BCUT2D eigenvalue weighted by atomic mass is 16.4. The molecule has 0 saturated heterocycles. The van der Waals surface area contributed by atoms with Crippen molar-refractivity contribution in [1.82, 2.24) is 4.90 Å². The zero-order valence-corrected chi connectivity index (χ0v) is 27.4. The Kier molecular flexibility index (Phi) is 33.6. The molecule has 0 aliphatic rings. The summed E-state index contributed by atoms with van der Waals surface area (Å²) in [4.78, 5) is 38.3. The van der Waals surface area contributed by atoms with Crippen LogP contribution in [0.2, 0.25) is 0 Å². The molecule has 0 aromatic carbocycles. The maximum atomic E-state index is 12.7. The van der Waals surface area contributed by atoms with Crippen LogP contribution in [-0.2, 0) is 14.4 Å². The van der Waals surface area contributed by atoms with E-state index in [0.29, 0.717) is 32.2 Å². The predicted octanol–water partition coefficient (Wildman–Crippen LogP) is 8.51. The minimum Gasteiger partial charge on any atom is -0.480 e. The second-order valence-electron chi connectivity index (χ2n) is 11.6. The molecule has 0 aromatic heterocycles. The Hall–Kier alpha value is -1.47. The second-order valence-corrected chi connectivity index (χ2v) is 11.6. The minimum atomic E-state index is -1.10. The third kappa shape index (κ3) is 27.1. The summed E-state index contributed by atoms with van der Waals surface area (Å²) in [5.41, 5.74) is 10.9. The van der Waals surface area contributed by atoms with E-state index in [2.05, 4.69) is 20.8 Å². The molecule has 7 heteroatoms. The molecule has 0 aliphatic heterocycles. The number of hydrogen-bond acceptors (Lipinski definition) is 5. The first-order valence-electron chi connectivity index (χ1n) is 17.4. The summed E-state index contributed by atoms with van der Waals surface area (Å²) in [6.07, 6.45) is 25.9. The molecule has 41 heavy (non-hydrogen) atoms. The Labute approximate surface area is 254 Å². The van der Waals surface area contributed by atoms with Crippen LogP contribution in [0.5, 0.6) is 0 Å². The van der Waals surface area contributed by atoms with Gasteiger partial charge in [0.1, 0.15) is 6.04 Å². The summed E-state index contributed by atoms with van der Waals surface area (Å²) < 4.78 is 0. The first kappa shape index (κ1) is 41.7. The van der Waals surface area contributed by atoms with Crippen molar-refractivity contribution in [3.05, 3.63) is 0 Å². The second kappa shape index (κ2) is 33.0. The zero-order chi connectivity index (χ0) is 31.0. The van der Waals surface area contributed by atoms with E-state index in [0.717, 1.165) is 62.8 Å². The van der Waals surface area contributed by atoms with E-state index in [9.17, 15) is 19.5 Å². The summed E-state index contributed by atoms with van der Waals surface area (Å²) in [7, 11) is 0. The molecule has 5 N–H and O–H groups in total. The van der Waals surface area contributed by atoms with Crippen LogP contribution in [0.15, 0.2) is 0 Å². The van der Waals surface area contributed by atoms with E-state index in [1.807, 2.05) is 0 Å². The Morgan fingerprint density at radius 2 is 0.829 bits per heavy atom. The van der Waals surface area contributed by atoms with Crippen molar-refractivity contribution < 1.29 is 19.5 Å². The first-order valence-corrected chi connectivity index (χ1v) is 17.4. The summed E-state index contributed by atoms with van der Waals surface area (Å²) in [5, 5.41) is 9.65. The first-order chi connectivity index (χ1) is 19.9. The van der Waals surface area contributed by atoms with Crippen LogP contribution < -0.4 is 11.5 Å². The molecule has 0 heterocycles. The van der Waals surface area contributed by atoms with Gasteiger partial charge in [-0.15, -0.1) is 0 Å². The topological polar surface area (TPSA) is 127 Å². The van der Waals surface area contributed by atoms with Crippen LogP contribution in [0, 0.1) is 0 Å². The standard InChI is InChI=1S/C22H42N2O4.C12H27N/c1-3-5-7-9-11-16-20(25)24(19(22(27)28)15-13-14-18-23)21(26)17-12-10-8-6-4-2;1-2-3-4-5-6-7-8-9-10-11-12-13/h19H,3-18,23H2,1-2H3,(H,27,28);2-13H2,1H3/t19-;/m0./s1. The highest BCUT2D eigenvalue weighted by Crippen LogP contribution is 2.17. The van der Waals surface area contributed by atoms with Gasteiger partial charge in [0.05, 0.1) is 0 Å². The number of carbonyl (C=O) groups is 3. The van der Waals surface area contributed by atoms with Crippen molar-refractivity contribution in [2.45, 2.75) is 187 Å². The maximum Gasteiger partial charge on any atom is 0.326 e. The molecule has 0 bridgehead atoms. The lowest BCUT2D eigenvalue weighted by Crippen LogP contribution is -2.48. The van der Waals surface area contributed by atoms with Gasteiger partial charge in [-0.1, -0.05) is 130 Å². The number of rotatable bonds is 28. The van der Waals surface area contributed by atoms with E-state index in [1.54, 1.807) is 0 Å². The smallest absolute Gasteiger partial charge is 0.326 e. The van der Waals surface area contributed by atoms with Crippen molar-refractivity contribution >= 4 is 17.8 Å². The number of amides is 2. The lowest BCUT2D eigenvalue weighted by molar-refractivity contribution is -0.158. The number of nitrogens with zero attached hydrogens (tertiary/aromatic N) is 1. The van der Waals surface area contributed by atoms with Gasteiger partial charge in [-0.05, 0) is 51.6 Å². The number of carbonyl (C=O) groups excluding carboxylic acids is 2. The van der Waals surface area contributed by atoms with Crippen molar-refractivity contribution in [3.8, 4) is 0 Å². The molecular weight excluding hydrogens is 514 g/mol. The van der Waals surface area contributed by atoms with Gasteiger partial charge in [0.2, 0.25) is 11.8 Å². The van der Waals surface area contributed by atoms with E-state index >= 15 is 0 Å². The summed E-state index contributed by atoms with van der Waals surface area (Å²) >= 11 is 0. The van der Waals surface area contributed by atoms with Crippen LogP contribution in [0.25, 0.3) is 0 Å². The van der Waals surface area contributed by atoms with Crippen molar-refractivity contribution in [2.75, 3.05) is 13.1 Å². The fourth-order valence-electron chi connectivity index (χ4n) is 4.96. The normalized spacial score (nSPS) is 11.5. The van der Waals surface area contributed by atoms with Gasteiger partial charge < -0.3 is 16.6 Å². The van der Waals surface area contributed by atoms with Gasteiger partial charge in [-0.25, -0.2) is 4.79 Å². The number of nitrogens with two attached hydrogens (primary N) is 2. The quantitative estimate of drug-likeness (QED) is 0.0792. The molecule has 2 amide bonds. The Balaban J connectivity index is 0. The van der Waals surface area contributed by atoms with Crippen molar-refractivity contribution in [2.24, 2.45) is 11.5 Å². The molecule has 0 aromatic rings. The van der Waals surface area contributed by atoms with Crippen LogP contribution in [0.1, 0.15) is 181 Å². The van der Waals surface area contributed by atoms with Crippen LogP contribution >= 0.6 is 0 Å². The molecule has 7 nitrogen and oxygen atoms in total. The number of hydrogen-bond donors (Lipinski definition) is 3. The molecule has 244 valence electrons. The highest BCUT2D eigenvalue weighted by Gasteiger charge is 2.33. The lowest BCUT2D eigenvalue weighted by Gasteiger charge is -2.27. The summed E-state index contributed by atoms with van der Waals surface area (Å²) in [6.45, 7) is 7.88. The number of aliphatic carboxylic acids is 1. The zero-order valence-electron chi connectivity index (χ0n) is 27.4. The van der Waals surface area contributed by atoms with Crippen LogP contribution in [0.4, 0.5) is 0 Å². The Bertz CT molecular complexity index is 565. The molecule has 1 atom stereocenters. The highest BCUT2D eigenvalue weighted by molar-refractivity contribution is 5.99. The van der Waals surface area contributed by atoms with Gasteiger partial charge in [-0.2, -0.15) is 0 Å². The number of carboxylic acids is 1. The molecule has 0 unspecified atom stereocenters. The van der Waals surface area contributed by atoms with E-state index in [-0.39, 0.29) is 31.1 Å². The number of unbranched alkanes of at least 4 members (excludes halogenated alkanes) is 18. The maximum absolute atomic E-state index is 12.7. The molecule has 0 saturated carbocycles. The van der Waals surface area contributed by atoms with Gasteiger partial charge in [0, 0.05) is 12.8 Å². The largest absolute Gasteiger partial charge is 0.480 e. The van der Waals surface area contributed by atoms with E-state index in [4.69, 9.17) is 11.5 Å². The fourth-order valence-corrected chi connectivity index (χ4v) is 4.96. The molecule has 0 fully saturated rings. The molecule has 0 aliphatic carbocycles. The van der Waals surface area contributed by atoms with Gasteiger partial charge in [0.15, 0.2) is 0 Å². The Morgan fingerprint density at radius 1 is 0.512 bits per heavy atom. The predicted molar refractivity (Wildman–Crippen MR) is 174 cm³/mol. The summed E-state index contributed by atoms with van der Waals surface area (Å²) in [5.74, 6) is -1.78. The van der Waals surface area contributed by atoms with E-state index in [1.165, 1.54) is 64.2 Å². The molecule has 0 radical (unpaired) electrons. The molecule has 0 rings (SSSR count). The SMILES string of the molecule is CCCCCCCC(=O)N(C(=O)CCCCCCC)[C@@H](CCCCN)C(=O)O.CCCCCCCCCCCCN. The Morgan fingerprint density at radius 3 is 1.17 bits per heavy atom. The minimum absolute atomic E-state index is 0.242. The third-order valence-electron chi connectivity index (χ3n) is 7.61. The number of carboxylic acid groups (broad SMARTS) is 1. The number of imide groups is 1. The third-order valence-corrected chi connectivity index (χ3v) is 7.61. The average Bonchev–Trinajstić information content (AvgIpc) is 2.96. The van der Waals surface area contributed by atoms with Crippen LogP contribution in [-0.4, -0.2) is 46.9 Å². The molecule has 0 spiro atoms. The van der Waals surface area contributed by atoms with Crippen LogP contribution in [0.3, 0.4) is 0 Å². The summed E-state index contributed by atoms with van der Waals surface area (Å²) in [6, 6.07) is -1.07. The fraction of sp³-hybridized carbons (Fsp3) is 0.912.